The van der Waals surface area contributed by atoms with Gasteiger partial charge in [-0.2, -0.15) is 0 Å². The first-order chi connectivity index (χ1) is 7.29. The highest BCUT2D eigenvalue weighted by Crippen LogP contribution is 2.27. The molecule has 0 atom stereocenters. The molecule has 0 aromatic heterocycles. The summed E-state index contributed by atoms with van der Waals surface area (Å²) in [5.41, 5.74) is 5.40. The highest BCUT2D eigenvalue weighted by Gasteiger charge is 2.30. The van der Waals surface area contributed by atoms with E-state index in [-0.39, 0.29) is 5.91 Å². The van der Waals surface area contributed by atoms with E-state index in [1.54, 1.807) is 0 Å². The van der Waals surface area contributed by atoms with Crippen LogP contribution in [0.15, 0.2) is 12.7 Å². The van der Waals surface area contributed by atoms with Crippen LogP contribution in [0.2, 0.25) is 0 Å². The van der Waals surface area contributed by atoms with Crippen LogP contribution in [0.4, 0.5) is 0 Å². The summed E-state index contributed by atoms with van der Waals surface area (Å²) in [5.74, 6) is 0.287. The number of hydrogen-bond donors (Lipinski definition) is 1. The molecule has 1 aliphatic rings. The fraction of sp³-hybridized carbons (Fsp3) is 0.750. The van der Waals surface area contributed by atoms with Gasteiger partial charge in [-0.1, -0.05) is 12.5 Å². The number of nitrogens with zero attached hydrogens (tertiary/aromatic N) is 1. The summed E-state index contributed by atoms with van der Waals surface area (Å²) in [6.45, 7) is 5.13. The Kier molecular flexibility index (Phi) is 5.40. The molecule has 2 N–H and O–H groups in total. The molecule has 0 aromatic rings. The summed E-state index contributed by atoms with van der Waals surface area (Å²) in [6, 6.07) is 0.505. The Balaban J connectivity index is 2.20. The van der Waals surface area contributed by atoms with Gasteiger partial charge in [-0.15, -0.1) is 6.58 Å². The Morgan fingerprint density at radius 1 is 1.40 bits per heavy atom. The molecule has 3 nitrogen and oxygen atoms in total. The van der Waals surface area contributed by atoms with E-state index in [0.29, 0.717) is 19.0 Å². The van der Waals surface area contributed by atoms with Gasteiger partial charge in [0.1, 0.15) is 0 Å². The number of rotatable bonds is 8. The van der Waals surface area contributed by atoms with Gasteiger partial charge in [0.25, 0.3) is 0 Å². The maximum absolute atomic E-state index is 11.8. The van der Waals surface area contributed by atoms with E-state index < -0.39 is 0 Å². The number of hydrogen-bond acceptors (Lipinski definition) is 2. The summed E-state index contributed by atoms with van der Waals surface area (Å²) in [6.07, 6.45) is 7.88. The summed E-state index contributed by atoms with van der Waals surface area (Å²) < 4.78 is 0. The normalized spacial score (nSPS) is 15.0. The van der Waals surface area contributed by atoms with Gasteiger partial charge >= 0.3 is 0 Å². The zero-order valence-corrected chi connectivity index (χ0v) is 9.45. The Morgan fingerprint density at radius 2 is 2.13 bits per heavy atom. The average Bonchev–Trinajstić information content (AvgIpc) is 3.04. The summed E-state index contributed by atoms with van der Waals surface area (Å²) >= 11 is 0. The molecular weight excluding hydrogens is 188 g/mol. The number of carbonyl (C=O) groups excluding carboxylic acids is 1. The first kappa shape index (κ1) is 12.2. The molecular formula is C12H22N2O. The predicted molar refractivity (Wildman–Crippen MR) is 62.5 cm³/mol. The van der Waals surface area contributed by atoms with E-state index in [2.05, 4.69) is 6.58 Å². The van der Waals surface area contributed by atoms with E-state index in [9.17, 15) is 4.79 Å². The minimum Gasteiger partial charge on any atom is -0.336 e. The van der Waals surface area contributed by atoms with Crippen LogP contribution in [-0.4, -0.2) is 29.9 Å². The van der Waals surface area contributed by atoms with Crippen molar-refractivity contribution in [1.82, 2.24) is 4.90 Å². The van der Waals surface area contributed by atoms with Crippen molar-refractivity contribution in [1.29, 1.82) is 0 Å². The van der Waals surface area contributed by atoms with Crippen LogP contribution in [0.1, 0.15) is 38.5 Å². The second-order valence-corrected chi connectivity index (χ2v) is 4.17. The molecule has 1 rings (SSSR count). The van der Waals surface area contributed by atoms with Crippen LogP contribution in [0.3, 0.4) is 0 Å². The van der Waals surface area contributed by atoms with Crippen molar-refractivity contribution in [3.63, 3.8) is 0 Å². The van der Waals surface area contributed by atoms with Crippen molar-refractivity contribution in [3.8, 4) is 0 Å². The maximum atomic E-state index is 11.8. The number of nitrogens with two attached hydrogens (primary N) is 1. The molecule has 15 heavy (non-hydrogen) atoms. The topological polar surface area (TPSA) is 46.3 Å². The van der Waals surface area contributed by atoms with Crippen molar-refractivity contribution >= 4 is 5.91 Å². The zero-order valence-electron chi connectivity index (χ0n) is 9.45. The minimum atomic E-state index is 0.287. The third-order valence-corrected chi connectivity index (χ3v) is 2.73. The van der Waals surface area contributed by atoms with Gasteiger partial charge < -0.3 is 10.6 Å². The highest BCUT2D eigenvalue weighted by atomic mass is 16.2. The number of carbonyl (C=O) groups is 1. The van der Waals surface area contributed by atoms with Gasteiger partial charge in [-0.3, -0.25) is 4.79 Å². The van der Waals surface area contributed by atoms with Crippen molar-refractivity contribution in [2.24, 2.45) is 5.73 Å². The van der Waals surface area contributed by atoms with Crippen LogP contribution < -0.4 is 5.73 Å². The standard InChI is InChI=1S/C12H22N2O/c1-2-10-14(11-7-8-11)12(15)6-4-3-5-9-13/h2,11H,1,3-10,13H2. The van der Waals surface area contributed by atoms with Crippen LogP contribution in [0.25, 0.3) is 0 Å². The first-order valence-electron chi connectivity index (χ1n) is 5.90. The minimum absolute atomic E-state index is 0.287. The molecule has 1 amide bonds. The van der Waals surface area contributed by atoms with Gasteiger partial charge in [0.2, 0.25) is 5.91 Å². The molecule has 0 heterocycles. The Bertz CT molecular complexity index is 212. The fourth-order valence-corrected chi connectivity index (χ4v) is 1.72. The fourth-order valence-electron chi connectivity index (χ4n) is 1.72. The quantitative estimate of drug-likeness (QED) is 0.489. The molecule has 0 aliphatic heterocycles. The SMILES string of the molecule is C=CCN(C(=O)CCCCCN)C1CC1. The summed E-state index contributed by atoms with van der Waals surface area (Å²) in [4.78, 5) is 13.8. The highest BCUT2D eigenvalue weighted by molar-refractivity contribution is 5.77. The smallest absolute Gasteiger partial charge is 0.223 e. The van der Waals surface area contributed by atoms with Gasteiger partial charge in [0.05, 0.1) is 0 Å². The summed E-state index contributed by atoms with van der Waals surface area (Å²) in [7, 11) is 0. The lowest BCUT2D eigenvalue weighted by molar-refractivity contribution is -0.131. The number of amides is 1. The van der Waals surface area contributed by atoms with E-state index in [4.69, 9.17) is 5.73 Å². The van der Waals surface area contributed by atoms with E-state index in [1.165, 1.54) is 12.8 Å². The molecule has 0 unspecified atom stereocenters. The lowest BCUT2D eigenvalue weighted by Gasteiger charge is -2.20. The molecule has 1 aliphatic carbocycles. The van der Waals surface area contributed by atoms with Gasteiger partial charge in [-0.25, -0.2) is 0 Å². The molecule has 86 valence electrons. The molecule has 3 heteroatoms. The number of unbranched alkanes of at least 4 members (excludes halogenated alkanes) is 2. The van der Waals surface area contributed by atoms with E-state index in [1.807, 2.05) is 11.0 Å². The summed E-state index contributed by atoms with van der Waals surface area (Å²) in [5, 5.41) is 0. The van der Waals surface area contributed by atoms with E-state index >= 15 is 0 Å². The van der Waals surface area contributed by atoms with Crippen LogP contribution in [0.5, 0.6) is 0 Å². The van der Waals surface area contributed by atoms with Crippen LogP contribution in [-0.2, 0) is 4.79 Å². The lowest BCUT2D eigenvalue weighted by Crippen LogP contribution is -2.32. The monoisotopic (exact) mass is 210 g/mol. The van der Waals surface area contributed by atoms with Crippen LogP contribution in [0, 0.1) is 0 Å². The van der Waals surface area contributed by atoms with Crippen molar-refractivity contribution < 1.29 is 4.79 Å². The van der Waals surface area contributed by atoms with Gasteiger partial charge in [-0.05, 0) is 32.2 Å². The largest absolute Gasteiger partial charge is 0.336 e. The van der Waals surface area contributed by atoms with Crippen LogP contribution >= 0.6 is 0 Å². The molecule has 0 aromatic carbocycles. The second-order valence-electron chi connectivity index (χ2n) is 4.17. The lowest BCUT2D eigenvalue weighted by atomic mass is 10.2. The molecule has 0 spiro atoms. The molecule has 0 radical (unpaired) electrons. The third kappa shape index (κ3) is 4.47. The maximum Gasteiger partial charge on any atom is 0.223 e. The van der Waals surface area contributed by atoms with Gasteiger partial charge in [0, 0.05) is 19.0 Å². The second kappa shape index (κ2) is 6.62. The predicted octanol–water partition coefficient (Wildman–Crippen LogP) is 1.68. The molecule has 1 fully saturated rings. The van der Waals surface area contributed by atoms with E-state index in [0.717, 1.165) is 25.8 Å². The molecule has 0 saturated heterocycles. The van der Waals surface area contributed by atoms with Crippen molar-refractivity contribution in [3.05, 3.63) is 12.7 Å². The van der Waals surface area contributed by atoms with Crippen molar-refractivity contribution in [2.75, 3.05) is 13.1 Å². The average molecular weight is 210 g/mol. The third-order valence-electron chi connectivity index (χ3n) is 2.73. The first-order valence-corrected chi connectivity index (χ1v) is 5.90. The molecule has 0 bridgehead atoms. The molecule has 1 saturated carbocycles. The zero-order chi connectivity index (χ0) is 11.1. The Morgan fingerprint density at radius 3 is 2.67 bits per heavy atom. The Hall–Kier alpha value is -0.830. The van der Waals surface area contributed by atoms with Gasteiger partial charge in [0.15, 0.2) is 0 Å². The Labute approximate surface area is 92.3 Å². The van der Waals surface area contributed by atoms with Crippen molar-refractivity contribution in [2.45, 2.75) is 44.6 Å².